The van der Waals surface area contributed by atoms with E-state index in [0.717, 1.165) is 4.90 Å². The summed E-state index contributed by atoms with van der Waals surface area (Å²) < 4.78 is 0. The highest BCUT2D eigenvalue weighted by Gasteiger charge is 2.49. The molecule has 0 radical (unpaired) electrons. The standard InChI is InChI=1S/C19H18N4O5/c1-12-8-9-14(15(10-12)23(27)28)20-16(24)11-22-17(25)19(2,21-18(22)26)13-6-4-3-5-7-13/h3-10H,11H2,1-2H3,(H,20,24)(H,21,26)/t19-/m1/s1. The Hall–Kier alpha value is -3.75. The normalized spacial score (nSPS) is 18.7. The lowest BCUT2D eigenvalue weighted by Crippen LogP contribution is -2.42. The Kier molecular flexibility index (Phi) is 4.83. The molecule has 0 aromatic heterocycles. The highest BCUT2D eigenvalue weighted by atomic mass is 16.6. The van der Waals surface area contributed by atoms with Gasteiger partial charge in [-0.15, -0.1) is 0 Å². The number of hydrogen-bond acceptors (Lipinski definition) is 5. The van der Waals surface area contributed by atoms with Crippen LogP contribution in [0.1, 0.15) is 18.1 Å². The molecule has 1 atom stereocenters. The van der Waals surface area contributed by atoms with Gasteiger partial charge in [-0.1, -0.05) is 36.4 Å². The van der Waals surface area contributed by atoms with Gasteiger partial charge in [0.1, 0.15) is 17.8 Å². The highest BCUT2D eigenvalue weighted by molar-refractivity contribution is 6.10. The third kappa shape index (κ3) is 3.41. The maximum absolute atomic E-state index is 12.8. The first-order chi connectivity index (χ1) is 13.2. The Balaban J connectivity index is 1.77. The Bertz CT molecular complexity index is 976. The molecule has 0 aliphatic carbocycles. The summed E-state index contributed by atoms with van der Waals surface area (Å²) in [4.78, 5) is 48.8. The second-order valence-electron chi connectivity index (χ2n) is 6.64. The van der Waals surface area contributed by atoms with Crippen LogP contribution >= 0.6 is 0 Å². The van der Waals surface area contributed by atoms with E-state index in [4.69, 9.17) is 0 Å². The number of nitrogens with zero attached hydrogens (tertiary/aromatic N) is 2. The number of urea groups is 1. The van der Waals surface area contributed by atoms with E-state index in [2.05, 4.69) is 10.6 Å². The van der Waals surface area contributed by atoms with Gasteiger partial charge in [-0.25, -0.2) is 4.79 Å². The lowest BCUT2D eigenvalue weighted by Gasteiger charge is -2.22. The van der Waals surface area contributed by atoms with Gasteiger partial charge in [0.05, 0.1) is 4.92 Å². The maximum Gasteiger partial charge on any atom is 0.325 e. The van der Waals surface area contributed by atoms with Gasteiger partial charge in [0.25, 0.3) is 11.6 Å². The molecule has 2 aromatic rings. The molecule has 0 saturated carbocycles. The van der Waals surface area contributed by atoms with Gasteiger partial charge in [0, 0.05) is 6.07 Å². The molecule has 1 saturated heterocycles. The summed E-state index contributed by atoms with van der Waals surface area (Å²) in [5, 5.41) is 16.2. The fourth-order valence-corrected chi connectivity index (χ4v) is 3.04. The summed E-state index contributed by atoms with van der Waals surface area (Å²) in [6, 6.07) is 12.3. The molecular formula is C19H18N4O5. The number of nitro benzene ring substituents is 1. The van der Waals surface area contributed by atoms with E-state index in [9.17, 15) is 24.5 Å². The second kappa shape index (κ2) is 7.10. The number of nitro groups is 1. The largest absolute Gasteiger partial charge is 0.325 e. The van der Waals surface area contributed by atoms with Crippen molar-refractivity contribution in [2.45, 2.75) is 19.4 Å². The fraction of sp³-hybridized carbons (Fsp3) is 0.211. The van der Waals surface area contributed by atoms with Crippen LogP contribution in [0, 0.1) is 17.0 Å². The SMILES string of the molecule is Cc1ccc(NC(=O)CN2C(=O)N[C@](C)(c3ccccc3)C2=O)c([N+](=O)[O-])c1. The lowest BCUT2D eigenvalue weighted by molar-refractivity contribution is -0.384. The number of benzene rings is 2. The topological polar surface area (TPSA) is 122 Å². The van der Waals surface area contributed by atoms with Crippen molar-refractivity contribution in [3.8, 4) is 0 Å². The number of nitrogens with one attached hydrogen (secondary N) is 2. The first kappa shape index (κ1) is 19.0. The number of rotatable bonds is 5. The number of hydrogen-bond donors (Lipinski definition) is 2. The van der Waals surface area contributed by atoms with E-state index in [-0.39, 0.29) is 11.4 Å². The van der Waals surface area contributed by atoms with Gasteiger partial charge < -0.3 is 10.6 Å². The molecule has 1 aliphatic heterocycles. The van der Waals surface area contributed by atoms with Gasteiger partial charge in [-0.05, 0) is 31.0 Å². The van der Waals surface area contributed by atoms with Crippen LogP contribution in [0.4, 0.5) is 16.2 Å². The van der Waals surface area contributed by atoms with E-state index < -0.39 is 34.9 Å². The fourth-order valence-electron chi connectivity index (χ4n) is 3.04. The molecule has 3 rings (SSSR count). The Morgan fingerprint density at radius 2 is 1.89 bits per heavy atom. The molecule has 0 spiro atoms. The van der Waals surface area contributed by atoms with Crippen molar-refractivity contribution in [2.75, 3.05) is 11.9 Å². The average molecular weight is 382 g/mol. The zero-order valence-electron chi connectivity index (χ0n) is 15.3. The molecule has 28 heavy (non-hydrogen) atoms. The number of carbonyl (C=O) groups is 3. The summed E-state index contributed by atoms with van der Waals surface area (Å²) in [6.45, 7) is 2.69. The first-order valence-electron chi connectivity index (χ1n) is 8.47. The third-order valence-electron chi connectivity index (χ3n) is 4.55. The van der Waals surface area contributed by atoms with Gasteiger partial charge in [-0.3, -0.25) is 24.6 Å². The highest BCUT2D eigenvalue weighted by Crippen LogP contribution is 2.29. The maximum atomic E-state index is 12.8. The number of aryl methyl sites for hydroxylation is 1. The third-order valence-corrected chi connectivity index (χ3v) is 4.55. The van der Waals surface area contributed by atoms with Gasteiger partial charge >= 0.3 is 6.03 Å². The van der Waals surface area contributed by atoms with E-state index in [1.165, 1.54) is 12.1 Å². The minimum Gasteiger partial charge on any atom is -0.319 e. The van der Waals surface area contributed by atoms with Crippen LogP contribution in [-0.2, 0) is 15.1 Å². The van der Waals surface area contributed by atoms with Gasteiger partial charge in [0.15, 0.2) is 0 Å². The van der Waals surface area contributed by atoms with Crippen LogP contribution < -0.4 is 10.6 Å². The summed E-state index contributed by atoms with van der Waals surface area (Å²) in [7, 11) is 0. The molecule has 4 amide bonds. The molecule has 9 nitrogen and oxygen atoms in total. The van der Waals surface area contributed by atoms with Crippen LogP contribution in [0.5, 0.6) is 0 Å². The van der Waals surface area contributed by atoms with Crippen molar-refractivity contribution in [1.82, 2.24) is 10.2 Å². The van der Waals surface area contributed by atoms with Crippen molar-refractivity contribution in [1.29, 1.82) is 0 Å². The zero-order chi connectivity index (χ0) is 20.5. The summed E-state index contributed by atoms with van der Waals surface area (Å²) in [5.41, 5.74) is -0.296. The zero-order valence-corrected chi connectivity index (χ0v) is 15.3. The minimum atomic E-state index is -1.28. The van der Waals surface area contributed by atoms with Crippen LogP contribution in [-0.4, -0.2) is 34.2 Å². The van der Waals surface area contributed by atoms with Crippen LogP contribution in [0.2, 0.25) is 0 Å². The molecule has 2 N–H and O–H groups in total. The van der Waals surface area contributed by atoms with E-state index in [1.54, 1.807) is 50.2 Å². The summed E-state index contributed by atoms with van der Waals surface area (Å²) in [5.74, 6) is -1.29. The molecule has 0 bridgehead atoms. The van der Waals surface area contributed by atoms with Crippen LogP contribution in [0.15, 0.2) is 48.5 Å². The Labute approximate surface area is 160 Å². The van der Waals surface area contributed by atoms with E-state index in [1.807, 2.05) is 0 Å². The molecular weight excluding hydrogens is 364 g/mol. The van der Waals surface area contributed by atoms with Crippen molar-refractivity contribution >= 4 is 29.2 Å². The quantitative estimate of drug-likeness (QED) is 0.467. The Morgan fingerprint density at radius 1 is 1.21 bits per heavy atom. The molecule has 1 heterocycles. The predicted octanol–water partition coefficient (Wildman–Crippen LogP) is 2.31. The number of imide groups is 1. The second-order valence-corrected chi connectivity index (χ2v) is 6.64. The number of anilines is 1. The smallest absolute Gasteiger partial charge is 0.319 e. The van der Waals surface area contributed by atoms with Crippen molar-refractivity contribution in [2.24, 2.45) is 0 Å². The number of amides is 4. The summed E-state index contributed by atoms with van der Waals surface area (Å²) in [6.07, 6.45) is 0. The van der Waals surface area contributed by atoms with Crippen molar-refractivity contribution < 1.29 is 19.3 Å². The van der Waals surface area contributed by atoms with Crippen molar-refractivity contribution in [3.63, 3.8) is 0 Å². The van der Waals surface area contributed by atoms with E-state index in [0.29, 0.717) is 11.1 Å². The van der Waals surface area contributed by atoms with E-state index >= 15 is 0 Å². The van der Waals surface area contributed by atoms with Crippen LogP contribution in [0.3, 0.4) is 0 Å². The molecule has 1 fully saturated rings. The molecule has 0 unspecified atom stereocenters. The van der Waals surface area contributed by atoms with Crippen LogP contribution in [0.25, 0.3) is 0 Å². The van der Waals surface area contributed by atoms with Gasteiger partial charge in [0.2, 0.25) is 5.91 Å². The molecule has 2 aromatic carbocycles. The molecule has 1 aliphatic rings. The van der Waals surface area contributed by atoms with Crippen molar-refractivity contribution in [3.05, 3.63) is 69.8 Å². The minimum absolute atomic E-state index is 0.00141. The predicted molar refractivity (Wildman–Crippen MR) is 101 cm³/mol. The molecule has 144 valence electrons. The number of carbonyl (C=O) groups excluding carboxylic acids is 3. The average Bonchev–Trinajstić information content (AvgIpc) is 2.88. The molecule has 9 heteroatoms. The Morgan fingerprint density at radius 3 is 2.54 bits per heavy atom. The lowest BCUT2D eigenvalue weighted by atomic mass is 9.92. The summed E-state index contributed by atoms with van der Waals surface area (Å²) >= 11 is 0. The monoisotopic (exact) mass is 382 g/mol. The first-order valence-corrected chi connectivity index (χ1v) is 8.47. The van der Waals surface area contributed by atoms with Gasteiger partial charge in [-0.2, -0.15) is 0 Å².